The molecule has 2 aromatic carbocycles. The highest BCUT2D eigenvalue weighted by Crippen LogP contribution is 2.34. The van der Waals surface area contributed by atoms with Crippen molar-refractivity contribution in [2.24, 2.45) is 0 Å². The molecule has 3 rings (SSSR count). The number of esters is 1. The molecular weight excluding hydrogens is 381 g/mol. The second-order valence-electron chi connectivity index (χ2n) is 5.64. The Morgan fingerprint density at radius 1 is 1.12 bits per heavy atom. The van der Waals surface area contributed by atoms with Crippen LogP contribution in [0.25, 0.3) is 0 Å². The highest BCUT2D eigenvalue weighted by Gasteiger charge is 2.18. The van der Waals surface area contributed by atoms with Crippen LogP contribution in [-0.2, 0) is 9.53 Å². The standard InChI is InChI=1S/C18H15Cl2NO5/c1-10(11-2-3-15-16(6-11)26-9-25-15)21-17(22)8-24-18(23)12-4-13(19)7-14(20)5-12/h2-7,10H,8-9H2,1H3,(H,21,22)/t10-/m1/s1. The molecule has 8 heteroatoms. The molecule has 0 saturated carbocycles. The number of nitrogens with one attached hydrogen (secondary N) is 1. The van der Waals surface area contributed by atoms with Gasteiger partial charge in [0, 0.05) is 10.0 Å². The maximum absolute atomic E-state index is 12.0. The minimum absolute atomic E-state index is 0.180. The third-order valence-corrected chi connectivity index (χ3v) is 4.14. The largest absolute Gasteiger partial charge is 0.454 e. The molecule has 6 nitrogen and oxygen atoms in total. The van der Waals surface area contributed by atoms with E-state index in [0.717, 1.165) is 5.56 Å². The van der Waals surface area contributed by atoms with E-state index in [0.29, 0.717) is 21.5 Å². The Balaban J connectivity index is 1.54. The summed E-state index contributed by atoms with van der Waals surface area (Å²) in [5.74, 6) is 0.186. The topological polar surface area (TPSA) is 73.9 Å². The molecule has 1 aliphatic rings. The number of rotatable bonds is 5. The van der Waals surface area contributed by atoms with Crippen molar-refractivity contribution in [2.45, 2.75) is 13.0 Å². The van der Waals surface area contributed by atoms with Gasteiger partial charge in [-0.05, 0) is 42.8 Å². The van der Waals surface area contributed by atoms with Crippen LogP contribution in [0.15, 0.2) is 36.4 Å². The maximum atomic E-state index is 12.0. The van der Waals surface area contributed by atoms with Gasteiger partial charge in [-0.1, -0.05) is 29.3 Å². The van der Waals surface area contributed by atoms with Gasteiger partial charge in [-0.3, -0.25) is 4.79 Å². The van der Waals surface area contributed by atoms with Crippen molar-refractivity contribution in [3.8, 4) is 11.5 Å². The summed E-state index contributed by atoms with van der Waals surface area (Å²) in [6.07, 6.45) is 0. The lowest BCUT2D eigenvalue weighted by Crippen LogP contribution is -2.31. The smallest absolute Gasteiger partial charge is 0.338 e. The Bertz CT molecular complexity index is 835. The second-order valence-corrected chi connectivity index (χ2v) is 6.51. The van der Waals surface area contributed by atoms with Gasteiger partial charge in [0.05, 0.1) is 11.6 Å². The van der Waals surface area contributed by atoms with Crippen LogP contribution in [0.4, 0.5) is 0 Å². The number of ether oxygens (including phenoxy) is 3. The SMILES string of the molecule is C[C@@H](NC(=O)COC(=O)c1cc(Cl)cc(Cl)c1)c1ccc2c(c1)OCO2. The van der Waals surface area contributed by atoms with E-state index in [1.165, 1.54) is 18.2 Å². The van der Waals surface area contributed by atoms with Crippen LogP contribution in [0.3, 0.4) is 0 Å². The summed E-state index contributed by atoms with van der Waals surface area (Å²) in [6, 6.07) is 9.46. The van der Waals surface area contributed by atoms with Crippen LogP contribution in [0.2, 0.25) is 10.0 Å². The van der Waals surface area contributed by atoms with Gasteiger partial charge < -0.3 is 19.5 Å². The maximum Gasteiger partial charge on any atom is 0.338 e. The number of halogens is 2. The fourth-order valence-corrected chi connectivity index (χ4v) is 2.96. The molecule has 0 fully saturated rings. The van der Waals surface area contributed by atoms with E-state index in [1.807, 2.05) is 13.0 Å². The molecule has 2 aromatic rings. The highest BCUT2D eigenvalue weighted by molar-refractivity contribution is 6.35. The lowest BCUT2D eigenvalue weighted by Gasteiger charge is -2.15. The molecule has 1 N–H and O–H groups in total. The molecule has 26 heavy (non-hydrogen) atoms. The van der Waals surface area contributed by atoms with Crippen molar-refractivity contribution in [3.63, 3.8) is 0 Å². The third kappa shape index (κ3) is 4.39. The van der Waals surface area contributed by atoms with E-state index in [-0.39, 0.29) is 18.4 Å². The van der Waals surface area contributed by atoms with E-state index >= 15 is 0 Å². The van der Waals surface area contributed by atoms with Gasteiger partial charge in [-0.15, -0.1) is 0 Å². The van der Waals surface area contributed by atoms with Gasteiger partial charge in [0.2, 0.25) is 6.79 Å². The van der Waals surface area contributed by atoms with Crippen LogP contribution in [0.5, 0.6) is 11.5 Å². The van der Waals surface area contributed by atoms with E-state index in [9.17, 15) is 9.59 Å². The fraction of sp³-hybridized carbons (Fsp3) is 0.222. The van der Waals surface area contributed by atoms with Crippen molar-refractivity contribution >= 4 is 35.1 Å². The predicted molar refractivity (Wildman–Crippen MR) is 95.9 cm³/mol. The Labute approximate surface area is 159 Å². The van der Waals surface area contributed by atoms with Crippen LogP contribution in [-0.4, -0.2) is 25.3 Å². The zero-order chi connectivity index (χ0) is 18.7. The van der Waals surface area contributed by atoms with Crippen molar-refractivity contribution in [1.82, 2.24) is 5.32 Å². The van der Waals surface area contributed by atoms with Crippen LogP contribution >= 0.6 is 23.2 Å². The number of benzene rings is 2. The molecule has 0 unspecified atom stereocenters. The quantitative estimate of drug-likeness (QED) is 0.780. The summed E-state index contributed by atoms with van der Waals surface area (Å²) < 4.78 is 15.6. The number of hydrogen-bond donors (Lipinski definition) is 1. The minimum Gasteiger partial charge on any atom is -0.454 e. The number of fused-ring (bicyclic) bond motifs is 1. The third-order valence-electron chi connectivity index (χ3n) is 3.71. The van der Waals surface area contributed by atoms with Gasteiger partial charge in [-0.2, -0.15) is 0 Å². The molecule has 1 atom stereocenters. The summed E-state index contributed by atoms with van der Waals surface area (Å²) in [7, 11) is 0. The molecule has 136 valence electrons. The number of amides is 1. The molecule has 0 saturated heterocycles. The number of carbonyl (C=O) groups excluding carboxylic acids is 2. The Morgan fingerprint density at radius 3 is 2.54 bits per heavy atom. The predicted octanol–water partition coefficient (Wildman–Crippen LogP) is 3.76. The fourth-order valence-electron chi connectivity index (χ4n) is 2.44. The number of carbonyl (C=O) groups is 2. The van der Waals surface area contributed by atoms with E-state index in [1.54, 1.807) is 12.1 Å². The van der Waals surface area contributed by atoms with Gasteiger partial charge in [0.1, 0.15) is 0 Å². The van der Waals surface area contributed by atoms with Gasteiger partial charge >= 0.3 is 5.97 Å². The molecular formula is C18H15Cl2NO5. The first-order valence-electron chi connectivity index (χ1n) is 7.74. The summed E-state index contributed by atoms with van der Waals surface area (Å²) in [5, 5.41) is 3.37. The van der Waals surface area contributed by atoms with Crippen LogP contribution < -0.4 is 14.8 Å². The highest BCUT2D eigenvalue weighted by atomic mass is 35.5. The Kier molecular flexibility index (Phi) is 5.54. The molecule has 0 radical (unpaired) electrons. The normalized spacial score (nSPS) is 13.2. The lowest BCUT2D eigenvalue weighted by molar-refractivity contribution is -0.124. The average Bonchev–Trinajstić information content (AvgIpc) is 3.06. The van der Waals surface area contributed by atoms with Crippen molar-refractivity contribution in [3.05, 3.63) is 57.6 Å². The number of hydrogen-bond acceptors (Lipinski definition) is 5. The van der Waals surface area contributed by atoms with Crippen LogP contribution in [0.1, 0.15) is 28.9 Å². The molecule has 1 aliphatic heterocycles. The minimum atomic E-state index is -0.680. The molecule has 0 aromatic heterocycles. The second kappa shape index (κ2) is 7.85. The molecule has 0 aliphatic carbocycles. The summed E-state index contributed by atoms with van der Waals surface area (Å²) in [4.78, 5) is 24.0. The first kappa shape index (κ1) is 18.4. The van der Waals surface area contributed by atoms with E-state index in [2.05, 4.69) is 5.32 Å². The van der Waals surface area contributed by atoms with Crippen molar-refractivity contribution in [1.29, 1.82) is 0 Å². The molecule has 1 heterocycles. The van der Waals surface area contributed by atoms with E-state index < -0.39 is 18.5 Å². The molecule has 1 amide bonds. The lowest BCUT2D eigenvalue weighted by atomic mass is 10.1. The Hall–Kier alpha value is -2.44. The van der Waals surface area contributed by atoms with Crippen LogP contribution in [0, 0.1) is 0 Å². The van der Waals surface area contributed by atoms with E-state index in [4.69, 9.17) is 37.4 Å². The summed E-state index contributed by atoms with van der Waals surface area (Å²) in [6.45, 7) is 1.58. The van der Waals surface area contributed by atoms with Gasteiger partial charge in [0.25, 0.3) is 5.91 Å². The molecule has 0 spiro atoms. The first-order chi connectivity index (χ1) is 12.4. The van der Waals surface area contributed by atoms with Gasteiger partial charge in [0.15, 0.2) is 18.1 Å². The zero-order valence-electron chi connectivity index (χ0n) is 13.8. The monoisotopic (exact) mass is 395 g/mol. The summed E-state index contributed by atoms with van der Waals surface area (Å²) >= 11 is 11.7. The van der Waals surface area contributed by atoms with Gasteiger partial charge in [-0.25, -0.2) is 4.79 Å². The zero-order valence-corrected chi connectivity index (χ0v) is 15.3. The molecule has 0 bridgehead atoms. The van der Waals surface area contributed by atoms with Crippen molar-refractivity contribution < 1.29 is 23.8 Å². The Morgan fingerprint density at radius 2 is 1.81 bits per heavy atom. The summed E-state index contributed by atoms with van der Waals surface area (Å²) in [5.41, 5.74) is 1.02. The van der Waals surface area contributed by atoms with Crippen molar-refractivity contribution in [2.75, 3.05) is 13.4 Å². The first-order valence-corrected chi connectivity index (χ1v) is 8.50. The average molecular weight is 396 g/mol.